The SMILES string of the molecule is Cc1ccc(Cl)c2c(Cl)nc(-c3ccc(Cl)s3)nc12. The van der Waals surface area contributed by atoms with Gasteiger partial charge in [0.05, 0.1) is 25.1 Å². The van der Waals surface area contributed by atoms with Crippen LogP contribution in [0, 0.1) is 6.92 Å². The van der Waals surface area contributed by atoms with Crippen LogP contribution in [0.2, 0.25) is 14.5 Å². The Balaban J connectivity index is 2.33. The molecule has 6 heteroatoms. The lowest BCUT2D eigenvalue weighted by atomic mass is 10.1. The highest BCUT2D eigenvalue weighted by atomic mass is 35.5. The van der Waals surface area contributed by atoms with Crippen LogP contribution in [-0.4, -0.2) is 9.97 Å². The van der Waals surface area contributed by atoms with Crippen molar-refractivity contribution in [3.8, 4) is 10.7 Å². The number of aryl methyl sites for hydroxylation is 1. The summed E-state index contributed by atoms with van der Waals surface area (Å²) in [6.45, 7) is 1.97. The molecule has 0 N–H and O–H groups in total. The monoisotopic (exact) mass is 328 g/mol. The molecule has 0 aliphatic rings. The summed E-state index contributed by atoms with van der Waals surface area (Å²) in [6.07, 6.45) is 0. The van der Waals surface area contributed by atoms with E-state index in [-0.39, 0.29) is 0 Å². The minimum atomic E-state index is 0.359. The first-order valence-corrected chi connectivity index (χ1v) is 7.39. The molecule has 3 aromatic rings. The van der Waals surface area contributed by atoms with Crippen LogP contribution in [0.15, 0.2) is 24.3 Å². The number of benzene rings is 1. The quantitative estimate of drug-likeness (QED) is 0.541. The molecule has 3 rings (SSSR count). The Morgan fingerprint density at radius 1 is 1.00 bits per heavy atom. The first-order valence-electron chi connectivity index (χ1n) is 5.44. The van der Waals surface area contributed by atoms with Gasteiger partial charge in [-0.05, 0) is 30.7 Å². The Labute approximate surface area is 129 Å². The molecule has 19 heavy (non-hydrogen) atoms. The predicted molar refractivity (Wildman–Crippen MR) is 82.6 cm³/mol. The molecule has 2 heterocycles. The summed E-state index contributed by atoms with van der Waals surface area (Å²) in [7, 11) is 0. The van der Waals surface area contributed by atoms with Crippen molar-refractivity contribution in [2.75, 3.05) is 0 Å². The Hall–Kier alpha value is -0.870. The Morgan fingerprint density at radius 3 is 2.47 bits per heavy atom. The second kappa shape index (κ2) is 4.91. The third-order valence-corrected chi connectivity index (χ3v) is 4.57. The number of nitrogens with zero attached hydrogens (tertiary/aromatic N) is 2. The molecule has 96 valence electrons. The summed E-state index contributed by atoms with van der Waals surface area (Å²) in [6, 6.07) is 7.41. The van der Waals surface area contributed by atoms with Crippen LogP contribution < -0.4 is 0 Å². The van der Waals surface area contributed by atoms with Crippen molar-refractivity contribution in [1.82, 2.24) is 9.97 Å². The first kappa shape index (κ1) is 13.1. The van der Waals surface area contributed by atoms with E-state index in [0.717, 1.165) is 16.0 Å². The molecule has 0 aliphatic heterocycles. The second-order valence-electron chi connectivity index (χ2n) is 4.03. The fraction of sp³-hybridized carbons (Fsp3) is 0.0769. The van der Waals surface area contributed by atoms with Crippen LogP contribution in [0.3, 0.4) is 0 Å². The molecule has 0 amide bonds. The van der Waals surface area contributed by atoms with E-state index in [4.69, 9.17) is 34.8 Å². The van der Waals surface area contributed by atoms with E-state index in [1.54, 1.807) is 6.07 Å². The van der Waals surface area contributed by atoms with E-state index in [1.807, 2.05) is 25.1 Å². The number of thiophene rings is 1. The van der Waals surface area contributed by atoms with Crippen LogP contribution in [0.4, 0.5) is 0 Å². The molecular formula is C13H7Cl3N2S. The molecule has 0 bridgehead atoms. The maximum atomic E-state index is 6.23. The third-order valence-electron chi connectivity index (χ3n) is 2.75. The Bertz CT molecular complexity index is 783. The van der Waals surface area contributed by atoms with Gasteiger partial charge in [-0.25, -0.2) is 9.97 Å². The summed E-state index contributed by atoms with van der Waals surface area (Å²) in [4.78, 5) is 9.74. The smallest absolute Gasteiger partial charge is 0.171 e. The molecule has 1 aromatic carbocycles. The molecule has 0 atom stereocenters. The number of rotatable bonds is 1. The summed E-state index contributed by atoms with van der Waals surface area (Å²) in [5.41, 5.74) is 1.78. The highest BCUT2D eigenvalue weighted by Gasteiger charge is 2.13. The van der Waals surface area contributed by atoms with E-state index in [2.05, 4.69) is 9.97 Å². The molecule has 2 aromatic heterocycles. The Morgan fingerprint density at radius 2 is 1.79 bits per heavy atom. The van der Waals surface area contributed by atoms with Gasteiger partial charge in [0.1, 0.15) is 5.15 Å². The maximum Gasteiger partial charge on any atom is 0.171 e. The zero-order chi connectivity index (χ0) is 13.6. The summed E-state index contributed by atoms with van der Waals surface area (Å²) < 4.78 is 0.692. The number of halogens is 3. The van der Waals surface area contributed by atoms with Gasteiger partial charge >= 0.3 is 0 Å². The topological polar surface area (TPSA) is 25.8 Å². The minimum Gasteiger partial charge on any atom is -0.227 e. The van der Waals surface area contributed by atoms with Crippen LogP contribution in [0.25, 0.3) is 21.6 Å². The van der Waals surface area contributed by atoms with E-state index >= 15 is 0 Å². The molecule has 0 unspecified atom stereocenters. The predicted octanol–water partition coefficient (Wildman–Crippen LogP) is 5.63. The zero-order valence-electron chi connectivity index (χ0n) is 9.75. The first-order chi connectivity index (χ1) is 9.06. The van der Waals surface area contributed by atoms with Gasteiger partial charge in [0.25, 0.3) is 0 Å². The van der Waals surface area contributed by atoms with Gasteiger partial charge in [0, 0.05) is 0 Å². The van der Waals surface area contributed by atoms with Crippen LogP contribution in [0.1, 0.15) is 5.56 Å². The van der Waals surface area contributed by atoms with E-state index in [1.165, 1.54) is 11.3 Å². The highest BCUT2D eigenvalue weighted by Crippen LogP contribution is 2.34. The fourth-order valence-electron chi connectivity index (χ4n) is 1.84. The number of hydrogen-bond acceptors (Lipinski definition) is 3. The van der Waals surface area contributed by atoms with E-state index in [9.17, 15) is 0 Å². The van der Waals surface area contributed by atoms with Gasteiger partial charge in [-0.15, -0.1) is 11.3 Å². The normalized spacial score (nSPS) is 11.2. The fourth-order valence-corrected chi connectivity index (χ4v) is 3.37. The summed E-state index contributed by atoms with van der Waals surface area (Å²) in [5, 5.41) is 1.61. The number of fused-ring (bicyclic) bond motifs is 1. The van der Waals surface area contributed by atoms with Crippen molar-refractivity contribution in [3.63, 3.8) is 0 Å². The average Bonchev–Trinajstić information content (AvgIpc) is 2.80. The summed E-state index contributed by atoms with van der Waals surface area (Å²) in [5.74, 6) is 0.569. The molecule has 0 spiro atoms. The van der Waals surface area contributed by atoms with E-state index in [0.29, 0.717) is 25.7 Å². The molecule has 0 radical (unpaired) electrons. The lowest BCUT2D eigenvalue weighted by Crippen LogP contribution is -1.93. The van der Waals surface area contributed by atoms with Crippen molar-refractivity contribution >= 4 is 57.0 Å². The van der Waals surface area contributed by atoms with Crippen LogP contribution in [-0.2, 0) is 0 Å². The van der Waals surface area contributed by atoms with Gasteiger partial charge in [-0.3, -0.25) is 0 Å². The largest absolute Gasteiger partial charge is 0.227 e. The summed E-state index contributed by atoms with van der Waals surface area (Å²) >= 11 is 19.7. The lowest BCUT2D eigenvalue weighted by molar-refractivity contribution is 1.23. The number of aromatic nitrogens is 2. The van der Waals surface area contributed by atoms with Gasteiger partial charge in [-0.1, -0.05) is 40.9 Å². The van der Waals surface area contributed by atoms with Gasteiger partial charge in [0.2, 0.25) is 0 Å². The van der Waals surface area contributed by atoms with Crippen molar-refractivity contribution in [2.24, 2.45) is 0 Å². The van der Waals surface area contributed by atoms with Crippen molar-refractivity contribution in [1.29, 1.82) is 0 Å². The minimum absolute atomic E-state index is 0.359. The molecular weight excluding hydrogens is 323 g/mol. The molecule has 0 fully saturated rings. The second-order valence-corrected chi connectivity index (χ2v) is 6.51. The zero-order valence-corrected chi connectivity index (χ0v) is 12.8. The van der Waals surface area contributed by atoms with Gasteiger partial charge in [0.15, 0.2) is 5.82 Å². The van der Waals surface area contributed by atoms with Crippen molar-refractivity contribution in [2.45, 2.75) is 6.92 Å². The van der Waals surface area contributed by atoms with E-state index < -0.39 is 0 Å². The average molecular weight is 330 g/mol. The van der Waals surface area contributed by atoms with Crippen LogP contribution >= 0.6 is 46.1 Å². The lowest BCUT2D eigenvalue weighted by Gasteiger charge is -2.07. The standard InChI is InChI=1S/C13H7Cl3N2S/c1-6-2-3-7(14)10-11(6)17-13(18-12(10)16)8-4-5-9(15)19-8/h2-5H,1H3. The molecule has 0 saturated carbocycles. The van der Waals surface area contributed by atoms with Crippen molar-refractivity contribution in [3.05, 3.63) is 44.3 Å². The number of hydrogen-bond donors (Lipinski definition) is 0. The molecule has 2 nitrogen and oxygen atoms in total. The van der Waals surface area contributed by atoms with Gasteiger partial charge in [-0.2, -0.15) is 0 Å². The van der Waals surface area contributed by atoms with Crippen LogP contribution in [0.5, 0.6) is 0 Å². The Kier molecular flexibility index (Phi) is 3.39. The highest BCUT2D eigenvalue weighted by molar-refractivity contribution is 7.19. The molecule has 0 saturated heterocycles. The maximum absolute atomic E-state index is 6.23. The third kappa shape index (κ3) is 2.32. The molecule has 0 aliphatic carbocycles. The van der Waals surface area contributed by atoms with Crippen molar-refractivity contribution < 1.29 is 0 Å². The van der Waals surface area contributed by atoms with Gasteiger partial charge < -0.3 is 0 Å².